The monoisotopic (exact) mass is 358 g/mol. The molecule has 1 unspecified atom stereocenters. The van der Waals surface area contributed by atoms with Gasteiger partial charge in [-0.2, -0.15) is 0 Å². The number of nitrogens with zero attached hydrogens (tertiary/aromatic N) is 1. The third-order valence-corrected chi connectivity index (χ3v) is 5.33. The van der Waals surface area contributed by atoms with Gasteiger partial charge in [0.05, 0.1) is 17.3 Å². The van der Waals surface area contributed by atoms with Crippen molar-refractivity contribution in [3.8, 4) is 0 Å². The normalized spacial score (nSPS) is 19.2. The van der Waals surface area contributed by atoms with Gasteiger partial charge < -0.3 is 21.3 Å². The largest absolute Gasteiger partial charge is 0.371 e. The van der Waals surface area contributed by atoms with Crippen LogP contribution in [0, 0.1) is 0 Å². The number of amides is 2. The summed E-state index contributed by atoms with van der Waals surface area (Å²) in [7, 11) is 0. The third kappa shape index (κ3) is 4.55. The van der Waals surface area contributed by atoms with Crippen LogP contribution in [0.2, 0.25) is 0 Å². The summed E-state index contributed by atoms with van der Waals surface area (Å²) >= 11 is 0. The van der Waals surface area contributed by atoms with Crippen LogP contribution in [-0.4, -0.2) is 37.0 Å². The van der Waals surface area contributed by atoms with Crippen LogP contribution in [-0.2, 0) is 4.79 Å². The number of carbonyl (C=O) groups is 2. The number of nitrogens with two attached hydrogens (primary N) is 1. The number of benzene rings is 1. The highest BCUT2D eigenvalue weighted by atomic mass is 16.2. The molecule has 1 aliphatic carbocycles. The van der Waals surface area contributed by atoms with Gasteiger partial charge in [-0.3, -0.25) is 9.59 Å². The van der Waals surface area contributed by atoms with Gasteiger partial charge in [0.15, 0.2) is 0 Å². The van der Waals surface area contributed by atoms with Gasteiger partial charge in [0.2, 0.25) is 5.91 Å². The Morgan fingerprint density at radius 3 is 2.46 bits per heavy atom. The molecule has 1 aliphatic heterocycles. The first-order valence-electron chi connectivity index (χ1n) is 9.81. The van der Waals surface area contributed by atoms with Gasteiger partial charge >= 0.3 is 0 Å². The second-order valence-corrected chi connectivity index (χ2v) is 7.51. The molecule has 2 amide bonds. The molecule has 1 heterocycles. The standard InChI is InChI=1S/C20H30N4O2/c1-14(21)19(25)23-18-13-16(24-11-5-6-12-24)9-10-17(18)20(26)22-15-7-3-2-4-8-15/h9-10,13-15H,2-8,11-12,21H2,1H3,(H,22,26)(H,23,25). The molecule has 0 spiro atoms. The van der Waals surface area contributed by atoms with Crippen molar-refractivity contribution < 1.29 is 9.59 Å². The fourth-order valence-corrected chi connectivity index (χ4v) is 3.76. The molecule has 26 heavy (non-hydrogen) atoms. The number of rotatable bonds is 5. The molecule has 2 fully saturated rings. The summed E-state index contributed by atoms with van der Waals surface area (Å²) < 4.78 is 0. The molecule has 1 aromatic rings. The fraction of sp³-hybridized carbons (Fsp3) is 0.600. The predicted molar refractivity (Wildman–Crippen MR) is 105 cm³/mol. The van der Waals surface area contributed by atoms with E-state index in [4.69, 9.17) is 5.73 Å². The fourth-order valence-electron chi connectivity index (χ4n) is 3.76. The summed E-state index contributed by atoms with van der Waals surface area (Å²) in [4.78, 5) is 27.2. The zero-order valence-corrected chi connectivity index (χ0v) is 15.6. The Bertz CT molecular complexity index is 647. The Labute approximate surface area is 155 Å². The van der Waals surface area contributed by atoms with Crippen LogP contribution in [0.4, 0.5) is 11.4 Å². The quantitative estimate of drug-likeness (QED) is 0.755. The van der Waals surface area contributed by atoms with Crippen molar-refractivity contribution in [1.29, 1.82) is 0 Å². The number of carbonyl (C=O) groups excluding carboxylic acids is 2. The van der Waals surface area contributed by atoms with Crippen LogP contribution in [0.15, 0.2) is 18.2 Å². The molecule has 1 aromatic carbocycles. The average molecular weight is 358 g/mol. The van der Waals surface area contributed by atoms with E-state index in [-0.39, 0.29) is 17.9 Å². The van der Waals surface area contributed by atoms with Crippen molar-refractivity contribution in [1.82, 2.24) is 5.32 Å². The Kier molecular flexibility index (Phi) is 6.14. The SMILES string of the molecule is CC(N)C(=O)Nc1cc(N2CCCC2)ccc1C(=O)NC1CCCCC1. The molecule has 4 N–H and O–H groups in total. The summed E-state index contributed by atoms with van der Waals surface area (Å²) in [6.45, 7) is 3.66. The molecule has 6 heteroatoms. The average Bonchev–Trinajstić information content (AvgIpc) is 3.17. The smallest absolute Gasteiger partial charge is 0.253 e. The Balaban J connectivity index is 1.81. The lowest BCUT2D eigenvalue weighted by molar-refractivity contribution is -0.117. The van der Waals surface area contributed by atoms with Crippen LogP contribution in [0.25, 0.3) is 0 Å². The summed E-state index contributed by atoms with van der Waals surface area (Å²) in [5.74, 6) is -0.403. The molecule has 142 valence electrons. The number of nitrogens with one attached hydrogen (secondary N) is 2. The molecule has 6 nitrogen and oxygen atoms in total. The Morgan fingerprint density at radius 1 is 1.12 bits per heavy atom. The van der Waals surface area contributed by atoms with Crippen molar-refractivity contribution >= 4 is 23.2 Å². The van der Waals surface area contributed by atoms with E-state index in [0.717, 1.165) is 44.5 Å². The molecule has 1 atom stereocenters. The minimum Gasteiger partial charge on any atom is -0.371 e. The Hall–Kier alpha value is -2.08. The summed E-state index contributed by atoms with van der Waals surface area (Å²) in [5.41, 5.74) is 7.79. The first kappa shape index (κ1) is 18.7. The van der Waals surface area contributed by atoms with Gasteiger partial charge in [-0.25, -0.2) is 0 Å². The first-order valence-corrected chi connectivity index (χ1v) is 9.81. The number of hydrogen-bond acceptors (Lipinski definition) is 4. The molecule has 1 saturated carbocycles. The van der Waals surface area contributed by atoms with Crippen LogP contribution >= 0.6 is 0 Å². The van der Waals surface area contributed by atoms with E-state index in [2.05, 4.69) is 15.5 Å². The van der Waals surface area contributed by atoms with E-state index in [1.54, 1.807) is 6.92 Å². The summed E-state index contributed by atoms with van der Waals surface area (Å²) in [6, 6.07) is 5.30. The first-order chi connectivity index (χ1) is 12.5. The van der Waals surface area contributed by atoms with Crippen LogP contribution in [0.5, 0.6) is 0 Å². The lowest BCUT2D eigenvalue weighted by Gasteiger charge is -2.24. The zero-order valence-electron chi connectivity index (χ0n) is 15.6. The van der Waals surface area contributed by atoms with Gasteiger partial charge in [-0.15, -0.1) is 0 Å². The van der Waals surface area contributed by atoms with Crippen LogP contribution < -0.4 is 21.3 Å². The summed E-state index contributed by atoms with van der Waals surface area (Å²) in [6.07, 6.45) is 7.96. The molecule has 3 rings (SSSR count). The molecule has 2 aliphatic rings. The highest BCUT2D eigenvalue weighted by molar-refractivity contribution is 6.05. The maximum Gasteiger partial charge on any atom is 0.253 e. The van der Waals surface area contributed by atoms with Crippen molar-refractivity contribution in [2.75, 3.05) is 23.3 Å². The molecule has 0 aromatic heterocycles. The van der Waals surface area contributed by atoms with Gasteiger partial charge in [-0.05, 0) is 50.8 Å². The third-order valence-electron chi connectivity index (χ3n) is 5.33. The van der Waals surface area contributed by atoms with E-state index in [9.17, 15) is 9.59 Å². The Morgan fingerprint density at radius 2 is 1.81 bits per heavy atom. The maximum atomic E-state index is 12.8. The minimum absolute atomic E-state index is 0.121. The second-order valence-electron chi connectivity index (χ2n) is 7.51. The lowest BCUT2D eigenvalue weighted by atomic mass is 9.95. The van der Waals surface area contributed by atoms with Gasteiger partial charge in [0, 0.05) is 24.8 Å². The highest BCUT2D eigenvalue weighted by Gasteiger charge is 2.22. The van der Waals surface area contributed by atoms with Gasteiger partial charge in [-0.1, -0.05) is 19.3 Å². The van der Waals surface area contributed by atoms with Crippen molar-refractivity contribution in [3.05, 3.63) is 23.8 Å². The van der Waals surface area contributed by atoms with E-state index >= 15 is 0 Å². The van der Waals surface area contributed by atoms with Crippen molar-refractivity contribution in [2.45, 2.75) is 64.0 Å². The summed E-state index contributed by atoms with van der Waals surface area (Å²) in [5, 5.41) is 5.97. The zero-order chi connectivity index (χ0) is 18.5. The van der Waals surface area contributed by atoms with Crippen molar-refractivity contribution in [3.63, 3.8) is 0 Å². The topological polar surface area (TPSA) is 87.5 Å². The highest BCUT2D eigenvalue weighted by Crippen LogP contribution is 2.27. The predicted octanol–water partition coefficient (Wildman–Crippen LogP) is 2.63. The number of anilines is 2. The molecule has 0 bridgehead atoms. The van der Waals surface area contributed by atoms with E-state index in [1.165, 1.54) is 19.3 Å². The molecular formula is C20H30N4O2. The molecule has 1 saturated heterocycles. The second kappa shape index (κ2) is 8.54. The van der Waals surface area contributed by atoms with E-state index < -0.39 is 6.04 Å². The van der Waals surface area contributed by atoms with Crippen LogP contribution in [0.3, 0.4) is 0 Å². The van der Waals surface area contributed by atoms with Gasteiger partial charge in [0.25, 0.3) is 5.91 Å². The molecule has 0 radical (unpaired) electrons. The minimum atomic E-state index is -0.625. The van der Waals surface area contributed by atoms with Crippen molar-refractivity contribution in [2.24, 2.45) is 5.73 Å². The van der Waals surface area contributed by atoms with Crippen LogP contribution in [0.1, 0.15) is 62.2 Å². The molecular weight excluding hydrogens is 328 g/mol. The maximum absolute atomic E-state index is 12.8. The van der Waals surface area contributed by atoms with E-state index in [0.29, 0.717) is 11.3 Å². The lowest BCUT2D eigenvalue weighted by Crippen LogP contribution is -2.37. The number of hydrogen-bond donors (Lipinski definition) is 3. The van der Waals surface area contributed by atoms with E-state index in [1.807, 2.05) is 18.2 Å². The van der Waals surface area contributed by atoms with Gasteiger partial charge in [0.1, 0.15) is 0 Å².